The lowest BCUT2D eigenvalue weighted by Gasteiger charge is -2.22. The third-order valence-corrected chi connectivity index (χ3v) is 2.95. The summed E-state index contributed by atoms with van der Waals surface area (Å²) >= 11 is 5.26. The van der Waals surface area contributed by atoms with E-state index in [1.54, 1.807) is 6.07 Å². The molecule has 1 rings (SSSR count). The first-order chi connectivity index (χ1) is 8.49. The van der Waals surface area contributed by atoms with E-state index in [9.17, 15) is 4.39 Å². The monoisotopic (exact) mass is 269 g/mol. The minimum atomic E-state index is -0.215. The first-order valence-corrected chi connectivity index (χ1v) is 6.28. The second-order valence-corrected chi connectivity index (χ2v) is 4.91. The maximum atomic E-state index is 13.0. The average molecular weight is 269 g/mol. The second-order valence-electron chi connectivity index (χ2n) is 4.52. The number of rotatable bonds is 5. The highest BCUT2D eigenvalue weighted by atomic mass is 32.1. The first-order valence-electron chi connectivity index (χ1n) is 5.87. The van der Waals surface area contributed by atoms with Gasteiger partial charge in [0.1, 0.15) is 5.82 Å². The zero-order valence-corrected chi connectivity index (χ0v) is 11.9. The molecule has 0 aliphatic heterocycles. The van der Waals surface area contributed by atoms with E-state index in [-0.39, 0.29) is 5.82 Å². The van der Waals surface area contributed by atoms with E-state index in [0.29, 0.717) is 11.7 Å². The summed E-state index contributed by atoms with van der Waals surface area (Å²) in [4.78, 5) is 3.99. The molecule has 0 aliphatic rings. The van der Waals surface area contributed by atoms with E-state index in [1.807, 2.05) is 32.1 Å². The Kier molecular flexibility index (Phi) is 6.01. The lowest BCUT2D eigenvalue weighted by Crippen LogP contribution is -2.39. The molecule has 5 heteroatoms. The number of hydrogen-bond acceptors (Lipinski definition) is 2. The van der Waals surface area contributed by atoms with Crippen LogP contribution in [0.25, 0.3) is 0 Å². The summed E-state index contributed by atoms with van der Waals surface area (Å²) in [6.45, 7) is 2.33. The highest BCUT2D eigenvalue weighted by Crippen LogP contribution is 2.06. The second kappa shape index (κ2) is 7.28. The molecular formula is C13H20FN3S. The van der Waals surface area contributed by atoms with Gasteiger partial charge >= 0.3 is 0 Å². The van der Waals surface area contributed by atoms with Crippen molar-refractivity contribution >= 4 is 17.3 Å². The molecule has 0 saturated carbocycles. The lowest BCUT2D eigenvalue weighted by molar-refractivity contribution is 0.405. The van der Waals surface area contributed by atoms with E-state index < -0.39 is 0 Å². The van der Waals surface area contributed by atoms with Crippen molar-refractivity contribution in [2.45, 2.75) is 6.54 Å². The van der Waals surface area contributed by atoms with Crippen molar-refractivity contribution in [2.24, 2.45) is 0 Å². The van der Waals surface area contributed by atoms with Gasteiger partial charge in [-0.05, 0) is 44.0 Å². The summed E-state index contributed by atoms with van der Waals surface area (Å²) in [5.74, 6) is -0.215. The number of hydrogen-bond donors (Lipinski definition) is 1. The van der Waals surface area contributed by atoms with Crippen LogP contribution in [0.5, 0.6) is 0 Å². The molecule has 0 aliphatic carbocycles. The van der Waals surface area contributed by atoms with Crippen molar-refractivity contribution in [1.82, 2.24) is 15.1 Å². The van der Waals surface area contributed by atoms with Gasteiger partial charge in [0, 0.05) is 26.7 Å². The number of benzene rings is 1. The average Bonchev–Trinajstić information content (AvgIpc) is 2.28. The molecule has 0 spiro atoms. The van der Waals surface area contributed by atoms with Crippen molar-refractivity contribution in [3.63, 3.8) is 0 Å². The molecule has 100 valence electrons. The van der Waals surface area contributed by atoms with Crippen LogP contribution in [-0.2, 0) is 6.54 Å². The van der Waals surface area contributed by atoms with Gasteiger partial charge in [0.2, 0.25) is 0 Å². The molecule has 0 amide bonds. The quantitative estimate of drug-likeness (QED) is 0.820. The maximum Gasteiger partial charge on any atom is 0.169 e. The smallest absolute Gasteiger partial charge is 0.169 e. The summed E-state index contributed by atoms with van der Waals surface area (Å²) in [5, 5.41) is 3.85. The number of halogens is 1. The Bertz CT molecular complexity index is 396. The summed E-state index contributed by atoms with van der Waals surface area (Å²) in [6.07, 6.45) is 0. The number of nitrogens with one attached hydrogen (secondary N) is 1. The van der Waals surface area contributed by atoms with Crippen LogP contribution in [0.15, 0.2) is 24.3 Å². The maximum absolute atomic E-state index is 13.0. The fraction of sp³-hybridized carbons (Fsp3) is 0.462. The zero-order chi connectivity index (χ0) is 13.5. The summed E-state index contributed by atoms with van der Waals surface area (Å²) in [7, 11) is 5.93. The topological polar surface area (TPSA) is 18.5 Å². The summed E-state index contributed by atoms with van der Waals surface area (Å²) in [5.41, 5.74) is 0.911. The molecule has 1 aromatic carbocycles. The van der Waals surface area contributed by atoms with Gasteiger partial charge in [0.05, 0.1) is 0 Å². The van der Waals surface area contributed by atoms with E-state index in [4.69, 9.17) is 12.2 Å². The minimum absolute atomic E-state index is 0.215. The molecule has 1 N–H and O–H groups in total. The van der Waals surface area contributed by atoms with Gasteiger partial charge in [-0.15, -0.1) is 0 Å². The van der Waals surface area contributed by atoms with Crippen LogP contribution >= 0.6 is 12.2 Å². The molecule has 3 nitrogen and oxygen atoms in total. The zero-order valence-electron chi connectivity index (χ0n) is 11.1. The van der Waals surface area contributed by atoms with Gasteiger partial charge in [-0.2, -0.15) is 0 Å². The minimum Gasteiger partial charge on any atom is -0.361 e. The van der Waals surface area contributed by atoms with Crippen LogP contribution in [0.3, 0.4) is 0 Å². The molecule has 0 aromatic heterocycles. The van der Waals surface area contributed by atoms with E-state index in [2.05, 4.69) is 10.2 Å². The molecule has 0 atom stereocenters. The Morgan fingerprint density at radius 2 is 2.06 bits per heavy atom. The molecule has 1 aromatic rings. The Balaban J connectivity index is 2.40. The molecule has 0 radical (unpaired) electrons. The molecule has 0 fully saturated rings. The molecule has 0 unspecified atom stereocenters. The lowest BCUT2D eigenvalue weighted by atomic mass is 10.2. The first kappa shape index (κ1) is 14.9. The third-order valence-electron chi connectivity index (χ3n) is 2.49. The molecule has 0 heterocycles. The third kappa shape index (κ3) is 5.42. The summed E-state index contributed by atoms with van der Waals surface area (Å²) in [6, 6.07) is 6.57. The van der Waals surface area contributed by atoms with Crippen LogP contribution in [0.2, 0.25) is 0 Å². The Labute approximate surface area is 114 Å². The van der Waals surface area contributed by atoms with Crippen molar-refractivity contribution < 1.29 is 4.39 Å². The van der Waals surface area contributed by atoms with Gasteiger partial charge in [-0.3, -0.25) is 0 Å². The highest BCUT2D eigenvalue weighted by Gasteiger charge is 2.05. The van der Waals surface area contributed by atoms with Crippen molar-refractivity contribution in [1.29, 1.82) is 0 Å². The highest BCUT2D eigenvalue weighted by molar-refractivity contribution is 7.80. The van der Waals surface area contributed by atoms with Crippen molar-refractivity contribution in [3.8, 4) is 0 Å². The number of nitrogens with zero attached hydrogens (tertiary/aromatic N) is 2. The molecule has 18 heavy (non-hydrogen) atoms. The molecule has 0 saturated heterocycles. The van der Waals surface area contributed by atoms with Gasteiger partial charge in [-0.25, -0.2) is 4.39 Å². The SMILES string of the molecule is CN(C)CCNC(=S)N(C)Cc1cccc(F)c1. The predicted octanol–water partition coefficient (Wildman–Crippen LogP) is 1.69. The van der Waals surface area contributed by atoms with Crippen LogP contribution < -0.4 is 5.32 Å². The fourth-order valence-electron chi connectivity index (χ4n) is 1.50. The van der Waals surface area contributed by atoms with Gasteiger partial charge in [-0.1, -0.05) is 12.1 Å². The van der Waals surface area contributed by atoms with Crippen LogP contribution in [0.1, 0.15) is 5.56 Å². The standard InChI is InChI=1S/C13H20FN3S/c1-16(2)8-7-15-13(18)17(3)10-11-5-4-6-12(14)9-11/h4-6,9H,7-8,10H2,1-3H3,(H,15,18). The van der Waals surface area contributed by atoms with E-state index in [0.717, 1.165) is 18.7 Å². The number of thiocarbonyl (C=S) groups is 1. The molecule has 0 bridgehead atoms. The Hall–Kier alpha value is -1.20. The Morgan fingerprint density at radius 3 is 2.67 bits per heavy atom. The van der Waals surface area contributed by atoms with Crippen LogP contribution in [-0.4, -0.2) is 49.1 Å². The normalized spacial score (nSPS) is 10.5. The van der Waals surface area contributed by atoms with E-state index >= 15 is 0 Å². The Morgan fingerprint density at radius 1 is 1.33 bits per heavy atom. The van der Waals surface area contributed by atoms with Gasteiger partial charge in [0.15, 0.2) is 5.11 Å². The van der Waals surface area contributed by atoms with Gasteiger partial charge in [0.25, 0.3) is 0 Å². The van der Waals surface area contributed by atoms with E-state index in [1.165, 1.54) is 12.1 Å². The van der Waals surface area contributed by atoms with Crippen molar-refractivity contribution in [2.75, 3.05) is 34.2 Å². The van der Waals surface area contributed by atoms with Crippen LogP contribution in [0, 0.1) is 5.82 Å². The summed E-state index contributed by atoms with van der Waals surface area (Å²) < 4.78 is 13.0. The van der Waals surface area contributed by atoms with Crippen LogP contribution in [0.4, 0.5) is 4.39 Å². The predicted molar refractivity (Wildman–Crippen MR) is 77.0 cm³/mol. The van der Waals surface area contributed by atoms with Gasteiger partial charge < -0.3 is 15.1 Å². The number of likely N-dealkylation sites (N-methyl/N-ethyl adjacent to an activating group) is 1. The molecular weight excluding hydrogens is 249 g/mol. The fourth-order valence-corrected chi connectivity index (χ4v) is 1.67. The largest absolute Gasteiger partial charge is 0.361 e. The van der Waals surface area contributed by atoms with Crippen molar-refractivity contribution in [3.05, 3.63) is 35.6 Å².